The first kappa shape index (κ1) is 24.9. The highest BCUT2D eigenvalue weighted by atomic mass is 32.2. The van der Waals surface area contributed by atoms with Crippen molar-refractivity contribution in [2.75, 3.05) is 25.1 Å². The zero-order valence-electron chi connectivity index (χ0n) is 20.0. The number of nitrogens with zero attached hydrogens (tertiary/aromatic N) is 3. The van der Waals surface area contributed by atoms with Crippen LogP contribution in [0, 0.1) is 6.92 Å². The lowest BCUT2D eigenvalue weighted by atomic mass is 9.93. The van der Waals surface area contributed by atoms with E-state index in [0.29, 0.717) is 31.7 Å². The molecule has 1 atom stereocenters. The molecule has 1 aliphatic carbocycles. The van der Waals surface area contributed by atoms with Crippen molar-refractivity contribution in [2.45, 2.75) is 95.3 Å². The fourth-order valence-electron chi connectivity index (χ4n) is 4.85. The molecule has 32 heavy (non-hydrogen) atoms. The lowest BCUT2D eigenvalue weighted by molar-refractivity contribution is -0.125. The van der Waals surface area contributed by atoms with Crippen molar-refractivity contribution in [3.05, 3.63) is 17.8 Å². The number of hydrogen-bond donors (Lipinski definition) is 1. The van der Waals surface area contributed by atoms with Gasteiger partial charge in [-0.3, -0.25) is 4.79 Å². The predicted molar refractivity (Wildman–Crippen MR) is 125 cm³/mol. The molecule has 0 radical (unpaired) electrons. The van der Waals surface area contributed by atoms with E-state index in [9.17, 15) is 13.2 Å². The van der Waals surface area contributed by atoms with E-state index >= 15 is 0 Å². The molecule has 3 rings (SSSR count). The van der Waals surface area contributed by atoms with Crippen molar-refractivity contribution in [1.82, 2.24) is 14.6 Å². The summed E-state index contributed by atoms with van der Waals surface area (Å²) in [5, 5.41) is 3.11. The fraction of sp³-hybridized carbons (Fsp3) is 0.739. The predicted octanol–water partition coefficient (Wildman–Crippen LogP) is 2.85. The quantitative estimate of drug-likeness (QED) is 0.633. The number of carbonyl (C=O) groups excluding carboxylic acids is 1. The maximum Gasteiger partial charge on any atom is 0.247 e. The van der Waals surface area contributed by atoms with Gasteiger partial charge in [-0.2, -0.15) is 4.31 Å². The molecule has 8 nitrogen and oxygen atoms in total. The summed E-state index contributed by atoms with van der Waals surface area (Å²) in [6.45, 7) is 8.88. The number of aryl methyl sites for hydroxylation is 1. The molecule has 1 aliphatic heterocycles. The van der Waals surface area contributed by atoms with Gasteiger partial charge in [0.05, 0.1) is 6.10 Å². The van der Waals surface area contributed by atoms with Crippen LogP contribution in [0.25, 0.3) is 0 Å². The molecule has 0 bridgehead atoms. The molecular formula is C23H38N4O4S. The molecule has 0 unspecified atom stereocenters. The van der Waals surface area contributed by atoms with Crippen LogP contribution in [-0.4, -0.2) is 68.0 Å². The first-order valence-corrected chi connectivity index (χ1v) is 13.2. The van der Waals surface area contributed by atoms with Crippen LogP contribution < -0.4 is 10.2 Å². The number of carbonyl (C=O) groups is 1. The number of anilines is 1. The van der Waals surface area contributed by atoms with Crippen molar-refractivity contribution in [3.63, 3.8) is 0 Å². The van der Waals surface area contributed by atoms with Crippen molar-refractivity contribution < 1.29 is 17.9 Å². The third-order valence-electron chi connectivity index (χ3n) is 6.66. The van der Waals surface area contributed by atoms with E-state index in [1.54, 1.807) is 19.2 Å². The summed E-state index contributed by atoms with van der Waals surface area (Å²) in [7, 11) is -2.15. The summed E-state index contributed by atoms with van der Waals surface area (Å²) in [4.78, 5) is 19.9. The van der Waals surface area contributed by atoms with E-state index in [2.05, 4.69) is 10.3 Å². The molecule has 0 spiro atoms. The molecule has 1 aromatic heterocycles. The lowest BCUT2D eigenvalue weighted by Gasteiger charge is -2.32. The van der Waals surface area contributed by atoms with E-state index in [4.69, 9.17) is 4.74 Å². The maximum atomic E-state index is 13.8. The van der Waals surface area contributed by atoms with E-state index in [1.165, 1.54) is 4.31 Å². The molecule has 0 aromatic carbocycles. The average molecular weight is 467 g/mol. The van der Waals surface area contributed by atoms with Crippen LogP contribution in [-0.2, 0) is 19.6 Å². The van der Waals surface area contributed by atoms with Crippen LogP contribution >= 0.6 is 0 Å². The third kappa shape index (κ3) is 5.26. The Morgan fingerprint density at radius 1 is 1.25 bits per heavy atom. The Balaban J connectivity index is 1.83. The minimum Gasteiger partial charge on any atom is -0.381 e. The second-order valence-corrected chi connectivity index (χ2v) is 11.0. The number of aromatic nitrogens is 1. The van der Waals surface area contributed by atoms with E-state index in [0.717, 1.165) is 31.4 Å². The summed E-state index contributed by atoms with van der Waals surface area (Å²) < 4.78 is 34.3. The Bertz CT molecular complexity index is 897. The summed E-state index contributed by atoms with van der Waals surface area (Å²) in [5.41, 5.74) is 0.764. The number of amides is 1. The number of ether oxygens (including phenoxy) is 1. The van der Waals surface area contributed by atoms with Gasteiger partial charge in [-0.1, -0.05) is 0 Å². The van der Waals surface area contributed by atoms with Gasteiger partial charge in [0.1, 0.15) is 16.8 Å². The number of hydrogen-bond acceptors (Lipinski definition) is 6. The SMILES string of the molecule is CCN(c1nc(C)ccc1S(=O)(=O)N1CCC[C@H]1C(=O)NC1CCC(OC)CC1)C(C)C. The van der Waals surface area contributed by atoms with Gasteiger partial charge in [0.25, 0.3) is 0 Å². The van der Waals surface area contributed by atoms with Crippen LogP contribution in [0.15, 0.2) is 17.0 Å². The van der Waals surface area contributed by atoms with Crippen molar-refractivity contribution in [3.8, 4) is 0 Å². The van der Waals surface area contributed by atoms with Crippen LogP contribution in [0.4, 0.5) is 5.82 Å². The van der Waals surface area contributed by atoms with Crippen molar-refractivity contribution >= 4 is 21.7 Å². The van der Waals surface area contributed by atoms with Gasteiger partial charge in [-0.15, -0.1) is 0 Å². The number of sulfonamides is 1. The topological polar surface area (TPSA) is 91.8 Å². The summed E-state index contributed by atoms with van der Waals surface area (Å²) >= 11 is 0. The molecular weight excluding hydrogens is 428 g/mol. The molecule has 2 heterocycles. The van der Waals surface area contributed by atoms with Gasteiger partial charge in [0.15, 0.2) is 0 Å². The van der Waals surface area contributed by atoms with Crippen LogP contribution in [0.2, 0.25) is 0 Å². The maximum absolute atomic E-state index is 13.8. The molecule has 1 saturated heterocycles. The number of nitrogens with one attached hydrogen (secondary N) is 1. The highest BCUT2D eigenvalue weighted by Crippen LogP contribution is 2.32. The highest BCUT2D eigenvalue weighted by Gasteiger charge is 2.42. The van der Waals surface area contributed by atoms with Gasteiger partial charge >= 0.3 is 0 Å². The standard InChI is InChI=1S/C23H38N4O4S/c1-6-26(16(2)3)22-21(14-9-17(4)24-22)32(29,30)27-15-7-8-20(27)23(28)25-18-10-12-19(31-5)13-11-18/h9,14,16,18-20H,6-8,10-13,15H2,1-5H3,(H,25,28)/t18?,19?,20-/m0/s1. The number of pyridine rings is 1. The monoisotopic (exact) mass is 466 g/mol. The van der Waals surface area contributed by atoms with Crippen LogP contribution in [0.3, 0.4) is 0 Å². The molecule has 180 valence electrons. The van der Waals surface area contributed by atoms with Gasteiger partial charge in [0.2, 0.25) is 15.9 Å². The largest absolute Gasteiger partial charge is 0.381 e. The minimum atomic E-state index is -3.87. The zero-order valence-corrected chi connectivity index (χ0v) is 20.8. The first-order valence-electron chi connectivity index (χ1n) is 11.8. The van der Waals surface area contributed by atoms with Crippen LogP contribution in [0.1, 0.15) is 65.0 Å². The van der Waals surface area contributed by atoms with Crippen molar-refractivity contribution in [1.29, 1.82) is 0 Å². The molecule has 1 amide bonds. The third-order valence-corrected chi connectivity index (χ3v) is 8.59. The number of methoxy groups -OCH3 is 1. The Morgan fingerprint density at radius 3 is 2.53 bits per heavy atom. The molecule has 2 fully saturated rings. The second-order valence-electron chi connectivity index (χ2n) is 9.15. The Morgan fingerprint density at radius 2 is 1.94 bits per heavy atom. The van der Waals surface area contributed by atoms with E-state index in [-0.39, 0.29) is 29.0 Å². The molecule has 9 heteroatoms. The van der Waals surface area contributed by atoms with Crippen molar-refractivity contribution in [2.24, 2.45) is 0 Å². The highest BCUT2D eigenvalue weighted by molar-refractivity contribution is 7.89. The van der Waals surface area contributed by atoms with E-state index in [1.807, 2.05) is 32.6 Å². The Hall–Kier alpha value is -1.71. The zero-order chi connectivity index (χ0) is 23.5. The smallest absolute Gasteiger partial charge is 0.247 e. The van der Waals surface area contributed by atoms with Gasteiger partial charge < -0.3 is 15.0 Å². The van der Waals surface area contributed by atoms with Gasteiger partial charge in [0, 0.05) is 38.0 Å². The van der Waals surface area contributed by atoms with Gasteiger partial charge in [-0.05, 0) is 78.4 Å². The second kappa shape index (κ2) is 10.5. The lowest BCUT2D eigenvalue weighted by Crippen LogP contribution is -2.50. The average Bonchev–Trinajstić information content (AvgIpc) is 3.25. The number of rotatable bonds is 8. The molecule has 1 saturated carbocycles. The first-order chi connectivity index (χ1) is 15.2. The molecule has 1 aromatic rings. The minimum absolute atomic E-state index is 0.0761. The fourth-order valence-corrected chi connectivity index (χ4v) is 6.65. The summed E-state index contributed by atoms with van der Waals surface area (Å²) in [6, 6.07) is 2.86. The Labute approximate surface area is 192 Å². The molecule has 2 aliphatic rings. The van der Waals surface area contributed by atoms with E-state index < -0.39 is 16.1 Å². The normalized spacial score (nSPS) is 24.6. The van der Waals surface area contributed by atoms with Gasteiger partial charge in [-0.25, -0.2) is 13.4 Å². The summed E-state index contributed by atoms with van der Waals surface area (Å²) in [5.74, 6) is 0.274. The summed E-state index contributed by atoms with van der Waals surface area (Å²) in [6.07, 6.45) is 4.99. The van der Waals surface area contributed by atoms with Crippen LogP contribution in [0.5, 0.6) is 0 Å². The molecule has 1 N–H and O–H groups in total. The Kier molecular flexibility index (Phi) is 8.16.